The van der Waals surface area contributed by atoms with Crippen LogP contribution in [0.4, 0.5) is 0 Å². The van der Waals surface area contributed by atoms with Gasteiger partial charge in [-0.05, 0) is 54.7 Å². The van der Waals surface area contributed by atoms with Gasteiger partial charge in [-0.2, -0.15) is 0 Å². The van der Waals surface area contributed by atoms with Gasteiger partial charge in [0.1, 0.15) is 11.5 Å². The highest BCUT2D eigenvalue weighted by Gasteiger charge is 2.13. The summed E-state index contributed by atoms with van der Waals surface area (Å²) in [4.78, 5) is 12.3. The van der Waals surface area contributed by atoms with Crippen molar-refractivity contribution in [1.82, 2.24) is 0 Å². The Hall–Kier alpha value is -3.07. The Kier molecular flexibility index (Phi) is 5.92. The number of aryl methyl sites for hydroxylation is 2. The lowest BCUT2D eigenvalue weighted by Gasteiger charge is -2.14. The van der Waals surface area contributed by atoms with Gasteiger partial charge in [-0.25, -0.2) is 4.79 Å². The van der Waals surface area contributed by atoms with E-state index in [4.69, 9.17) is 9.47 Å². The Morgan fingerprint density at radius 3 is 2.26 bits per heavy atom. The van der Waals surface area contributed by atoms with Gasteiger partial charge in [0.05, 0.1) is 0 Å². The second-order valence-corrected chi connectivity index (χ2v) is 6.69. The van der Waals surface area contributed by atoms with E-state index in [1.54, 1.807) is 0 Å². The van der Waals surface area contributed by atoms with Gasteiger partial charge in [0.15, 0.2) is 6.61 Å². The van der Waals surface area contributed by atoms with Gasteiger partial charge in [-0.15, -0.1) is 0 Å². The average Bonchev–Trinajstić information content (AvgIpc) is 2.68. The first-order chi connectivity index (χ1) is 13.0. The molecular formula is C24H24O3. The van der Waals surface area contributed by atoms with E-state index in [-0.39, 0.29) is 6.61 Å². The standard InChI is InChI=1S/C24H24O3/c1-17-13-14-18(2)24(19(17)3)27-23(25)16-26-22-12-8-7-11-21(22)15-20-9-5-4-6-10-20/h4-14H,15-16H2,1-3H3. The van der Waals surface area contributed by atoms with Gasteiger partial charge in [-0.1, -0.05) is 60.7 Å². The van der Waals surface area contributed by atoms with Gasteiger partial charge >= 0.3 is 5.97 Å². The number of ether oxygens (including phenoxy) is 2. The molecule has 0 fully saturated rings. The van der Waals surface area contributed by atoms with Crippen molar-refractivity contribution in [2.45, 2.75) is 27.2 Å². The molecule has 3 nitrogen and oxygen atoms in total. The number of esters is 1. The van der Waals surface area contributed by atoms with Crippen molar-refractivity contribution < 1.29 is 14.3 Å². The van der Waals surface area contributed by atoms with Gasteiger partial charge in [-0.3, -0.25) is 0 Å². The van der Waals surface area contributed by atoms with Crippen molar-refractivity contribution in [2.75, 3.05) is 6.61 Å². The van der Waals surface area contributed by atoms with Crippen molar-refractivity contribution >= 4 is 5.97 Å². The maximum absolute atomic E-state index is 12.3. The van der Waals surface area contributed by atoms with Crippen molar-refractivity contribution in [3.05, 3.63) is 94.5 Å². The molecule has 0 bridgehead atoms. The lowest BCUT2D eigenvalue weighted by atomic mass is 10.0. The minimum absolute atomic E-state index is 0.126. The van der Waals surface area contributed by atoms with Gasteiger partial charge in [0, 0.05) is 6.42 Å². The number of hydrogen-bond donors (Lipinski definition) is 0. The second-order valence-electron chi connectivity index (χ2n) is 6.69. The van der Waals surface area contributed by atoms with Crippen LogP contribution in [-0.2, 0) is 11.2 Å². The topological polar surface area (TPSA) is 35.5 Å². The van der Waals surface area contributed by atoms with Crippen LogP contribution in [0.1, 0.15) is 27.8 Å². The average molecular weight is 360 g/mol. The summed E-state index contributed by atoms with van der Waals surface area (Å²) in [5.74, 6) is 0.929. The molecule has 3 aromatic carbocycles. The predicted molar refractivity (Wildman–Crippen MR) is 107 cm³/mol. The number of rotatable bonds is 6. The van der Waals surface area contributed by atoms with E-state index in [0.29, 0.717) is 11.5 Å². The molecule has 0 amide bonds. The van der Waals surface area contributed by atoms with Gasteiger partial charge < -0.3 is 9.47 Å². The molecule has 0 unspecified atom stereocenters. The highest BCUT2D eigenvalue weighted by molar-refractivity contribution is 5.75. The van der Waals surface area contributed by atoms with E-state index in [1.165, 1.54) is 5.56 Å². The minimum Gasteiger partial charge on any atom is -0.482 e. The minimum atomic E-state index is -0.402. The van der Waals surface area contributed by atoms with E-state index < -0.39 is 5.97 Å². The summed E-state index contributed by atoms with van der Waals surface area (Å²) in [7, 11) is 0. The third-order valence-electron chi connectivity index (χ3n) is 4.65. The molecule has 0 heterocycles. The van der Waals surface area contributed by atoms with Crippen LogP contribution in [0.25, 0.3) is 0 Å². The molecule has 0 aliphatic carbocycles. The Balaban J connectivity index is 1.67. The van der Waals surface area contributed by atoms with Crippen LogP contribution in [0.5, 0.6) is 11.5 Å². The molecule has 3 aromatic rings. The molecule has 138 valence electrons. The summed E-state index contributed by atoms with van der Waals surface area (Å²) in [6.45, 7) is 5.77. The first kappa shape index (κ1) is 18.7. The first-order valence-electron chi connectivity index (χ1n) is 9.06. The highest BCUT2D eigenvalue weighted by Crippen LogP contribution is 2.26. The van der Waals surface area contributed by atoms with Crippen LogP contribution in [0, 0.1) is 20.8 Å². The first-order valence-corrected chi connectivity index (χ1v) is 9.06. The normalized spacial score (nSPS) is 10.5. The number of carbonyl (C=O) groups excluding carboxylic acids is 1. The van der Waals surface area contributed by atoms with Gasteiger partial charge in [0.25, 0.3) is 0 Å². The smallest absolute Gasteiger partial charge is 0.349 e. The third kappa shape index (κ3) is 4.76. The molecule has 0 saturated carbocycles. The summed E-state index contributed by atoms with van der Waals surface area (Å²) >= 11 is 0. The molecule has 0 saturated heterocycles. The lowest BCUT2D eigenvalue weighted by molar-refractivity contribution is -0.136. The SMILES string of the molecule is Cc1ccc(C)c(OC(=O)COc2ccccc2Cc2ccccc2)c1C. The van der Waals surface area contributed by atoms with Crippen molar-refractivity contribution in [3.8, 4) is 11.5 Å². The highest BCUT2D eigenvalue weighted by atomic mass is 16.6. The Morgan fingerprint density at radius 2 is 1.48 bits per heavy atom. The number of hydrogen-bond acceptors (Lipinski definition) is 3. The molecule has 3 rings (SSSR count). The predicted octanol–water partition coefficient (Wildman–Crippen LogP) is 5.19. The van der Waals surface area contributed by atoms with E-state index in [9.17, 15) is 4.79 Å². The molecule has 0 atom stereocenters. The molecule has 0 radical (unpaired) electrons. The molecule has 0 N–H and O–H groups in total. The monoisotopic (exact) mass is 360 g/mol. The van der Waals surface area contributed by atoms with Crippen molar-refractivity contribution in [3.63, 3.8) is 0 Å². The fraction of sp³-hybridized carbons (Fsp3) is 0.208. The van der Waals surface area contributed by atoms with E-state index in [0.717, 1.165) is 28.7 Å². The number of benzene rings is 3. The zero-order chi connectivity index (χ0) is 19.2. The van der Waals surface area contributed by atoms with Crippen LogP contribution in [-0.4, -0.2) is 12.6 Å². The van der Waals surface area contributed by atoms with Crippen LogP contribution >= 0.6 is 0 Å². The quantitative estimate of drug-likeness (QED) is 0.448. The summed E-state index contributed by atoms with van der Waals surface area (Å²) in [6.07, 6.45) is 0.752. The molecule has 0 aliphatic rings. The van der Waals surface area contributed by atoms with Gasteiger partial charge in [0.2, 0.25) is 0 Å². The number of para-hydroxylation sites is 1. The zero-order valence-electron chi connectivity index (χ0n) is 16.0. The molecule has 3 heteroatoms. The Labute approximate surface area is 160 Å². The van der Waals surface area contributed by atoms with Crippen LogP contribution in [0.2, 0.25) is 0 Å². The number of carbonyl (C=O) groups is 1. The van der Waals surface area contributed by atoms with Crippen LogP contribution < -0.4 is 9.47 Å². The molecule has 0 aliphatic heterocycles. The van der Waals surface area contributed by atoms with Crippen molar-refractivity contribution in [2.24, 2.45) is 0 Å². The van der Waals surface area contributed by atoms with E-state index in [2.05, 4.69) is 12.1 Å². The third-order valence-corrected chi connectivity index (χ3v) is 4.65. The summed E-state index contributed by atoms with van der Waals surface area (Å²) in [5, 5.41) is 0. The van der Waals surface area contributed by atoms with Crippen LogP contribution in [0.3, 0.4) is 0 Å². The fourth-order valence-electron chi connectivity index (χ4n) is 2.97. The largest absolute Gasteiger partial charge is 0.482 e. The Morgan fingerprint density at radius 1 is 0.815 bits per heavy atom. The van der Waals surface area contributed by atoms with Crippen LogP contribution in [0.15, 0.2) is 66.7 Å². The summed E-state index contributed by atoms with van der Waals surface area (Å²) in [5.41, 5.74) is 5.25. The summed E-state index contributed by atoms with van der Waals surface area (Å²) < 4.78 is 11.4. The van der Waals surface area contributed by atoms with Crippen molar-refractivity contribution in [1.29, 1.82) is 0 Å². The maximum Gasteiger partial charge on any atom is 0.349 e. The summed E-state index contributed by atoms with van der Waals surface area (Å²) in [6, 6.07) is 22.0. The molecule has 0 spiro atoms. The molecule has 0 aromatic heterocycles. The lowest BCUT2D eigenvalue weighted by Crippen LogP contribution is -2.19. The van der Waals surface area contributed by atoms with E-state index in [1.807, 2.05) is 75.4 Å². The molecule has 27 heavy (non-hydrogen) atoms. The Bertz CT molecular complexity index is 930. The zero-order valence-corrected chi connectivity index (χ0v) is 16.0. The molecular weight excluding hydrogens is 336 g/mol. The maximum atomic E-state index is 12.3. The van der Waals surface area contributed by atoms with E-state index >= 15 is 0 Å². The second kappa shape index (κ2) is 8.54. The fourth-order valence-corrected chi connectivity index (χ4v) is 2.97.